The van der Waals surface area contributed by atoms with Gasteiger partial charge in [-0.2, -0.15) is 0 Å². The molecule has 4 N–H and O–H groups in total. The Bertz CT molecular complexity index is 188. The molecule has 0 aromatic rings. The van der Waals surface area contributed by atoms with Crippen molar-refractivity contribution in [2.45, 2.75) is 103 Å². The molecule has 0 aromatic heterocycles. The molecule has 0 unspecified atom stereocenters. The van der Waals surface area contributed by atoms with E-state index in [1.54, 1.807) is 0 Å². The van der Waals surface area contributed by atoms with E-state index in [2.05, 4.69) is 6.92 Å². The topological polar surface area (TPSA) is 66.5 Å². The van der Waals surface area contributed by atoms with Crippen LogP contribution in [0.15, 0.2) is 0 Å². The van der Waals surface area contributed by atoms with Gasteiger partial charge in [0.05, 0.1) is 12.7 Å². The second-order valence-corrected chi connectivity index (χ2v) is 6.09. The SMILES string of the molecule is CCCCCCCCCCCCCC[C@H](N)[C@H](O)CO. The molecule has 0 fully saturated rings. The fraction of sp³-hybridized carbons (Fsp3) is 1.00. The Morgan fingerprint density at radius 2 is 1.15 bits per heavy atom. The summed E-state index contributed by atoms with van der Waals surface area (Å²) < 4.78 is 0. The fourth-order valence-corrected chi connectivity index (χ4v) is 2.55. The van der Waals surface area contributed by atoms with Crippen molar-refractivity contribution in [3.05, 3.63) is 0 Å². The molecule has 0 aliphatic heterocycles. The van der Waals surface area contributed by atoms with Gasteiger partial charge in [-0.05, 0) is 6.42 Å². The lowest BCUT2D eigenvalue weighted by Crippen LogP contribution is -2.37. The molecule has 0 amide bonds. The molecule has 0 radical (unpaired) electrons. The van der Waals surface area contributed by atoms with Crippen LogP contribution >= 0.6 is 0 Å². The molecule has 3 nitrogen and oxygen atoms in total. The van der Waals surface area contributed by atoms with Crippen LogP contribution in [0.5, 0.6) is 0 Å². The second-order valence-electron chi connectivity index (χ2n) is 6.09. The minimum Gasteiger partial charge on any atom is -0.394 e. The molecule has 0 aliphatic rings. The Balaban J connectivity index is 3.10. The van der Waals surface area contributed by atoms with Crippen LogP contribution in [0.3, 0.4) is 0 Å². The van der Waals surface area contributed by atoms with Gasteiger partial charge in [-0.25, -0.2) is 0 Å². The maximum atomic E-state index is 9.33. The molecule has 0 heterocycles. The van der Waals surface area contributed by atoms with E-state index in [1.807, 2.05) is 0 Å². The summed E-state index contributed by atoms with van der Waals surface area (Å²) in [5.41, 5.74) is 5.75. The van der Waals surface area contributed by atoms with E-state index >= 15 is 0 Å². The van der Waals surface area contributed by atoms with Gasteiger partial charge in [0.15, 0.2) is 0 Å². The van der Waals surface area contributed by atoms with Gasteiger partial charge >= 0.3 is 0 Å². The molecule has 0 saturated heterocycles. The number of rotatable bonds is 15. The van der Waals surface area contributed by atoms with Crippen LogP contribution in [0.4, 0.5) is 0 Å². The van der Waals surface area contributed by atoms with Gasteiger partial charge < -0.3 is 15.9 Å². The maximum absolute atomic E-state index is 9.33. The second kappa shape index (κ2) is 15.3. The highest BCUT2D eigenvalue weighted by atomic mass is 16.3. The molecule has 3 heteroatoms. The van der Waals surface area contributed by atoms with E-state index in [0.717, 1.165) is 12.8 Å². The van der Waals surface area contributed by atoms with Gasteiger partial charge in [0.1, 0.15) is 0 Å². The summed E-state index contributed by atoms with van der Waals surface area (Å²) in [7, 11) is 0. The zero-order valence-corrected chi connectivity index (χ0v) is 13.5. The first-order valence-electron chi connectivity index (χ1n) is 8.76. The van der Waals surface area contributed by atoms with Crippen molar-refractivity contribution in [1.82, 2.24) is 0 Å². The molecule has 0 rings (SSSR count). The van der Waals surface area contributed by atoms with E-state index in [4.69, 9.17) is 10.8 Å². The highest BCUT2D eigenvalue weighted by molar-refractivity contribution is 4.70. The number of unbranched alkanes of at least 4 members (excludes halogenated alkanes) is 11. The number of hydrogen-bond donors (Lipinski definition) is 3. The minimum atomic E-state index is -0.747. The van der Waals surface area contributed by atoms with Crippen molar-refractivity contribution < 1.29 is 10.2 Å². The summed E-state index contributed by atoms with van der Waals surface area (Å²) in [5.74, 6) is 0. The third-order valence-electron chi connectivity index (χ3n) is 4.07. The fourth-order valence-electron chi connectivity index (χ4n) is 2.55. The van der Waals surface area contributed by atoms with Crippen LogP contribution in [0.25, 0.3) is 0 Å². The standard InChI is InChI=1S/C17H37NO2/c1-2-3-4-5-6-7-8-9-10-11-12-13-14-16(18)17(20)15-19/h16-17,19-20H,2-15,18H2,1H3/t16-,17+/m0/s1. The van der Waals surface area contributed by atoms with E-state index < -0.39 is 6.10 Å². The Morgan fingerprint density at radius 3 is 1.55 bits per heavy atom. The quantitative estimate of drug-likeness (QED) is 0.402. The molecule has 0 saturated carbocycles. The predicted octanol–water partition coefficient (Wildman–Crippen LogP) is 3.76. The smallest absolute Gasteiger partial charge is 0.0921 e. The normalized spacial score (nSPS) is 14.4. The Kier molecular flexibility index (Phi) is 15.2. The first-order chi connectivity index (χ1) is 9.72. The third-order valence-corrected chi connectivity index (χ3v) is 4.07. The summed E-state index contributed by atoms with van der Waals surface area (Å²) >= 11 is 0. The van der Waals surface area contributed by atoms with Crippen molar-refractivity contribution in [2.24, 2.45) is 5.73 Å². The number of aliphatic hydroxyl groups is 2. The molecule has 0 spiro atoms. The summed E-state index contributed by atoms with van der Waals surface area (Å²) in [5, 5.41) is 18.1. The van der Waals surface area contributed by atoms with Crippen molar-refractivity contribution in [3.63, 3.8) is 0 Å². The molecule has 0 aliphatic carbocycles. The highest BCUT2D eigenvalue weighted by Gasteiger charge is 2.12. The molecular formula is C17H37NO2. The van der Waals surface area contributed by atoms with Crippen LogP contribution in [0, 0.1) is 0 Å². The largest absolute Gasteiger partial charge is 0.394 e. The predicted molar refractivity (Wildman–Crippen MR) is 86.8 cm³/mol. The molecule has 0 bridgehead atoms. The Labute approximate surface area is 126 Å². The van der Waals surface area contributed by atoms with E-state index in [9.17, 15) is 5.11 Å². The first kappa shape index (κ1) is 19.9. The van der Waals surface area contributed by atoms with Crippen molar-refractivity contribution in [3.8, 4) is 0 Å². The third kappa shape index (κ3) is 12.9. The van der Waals surface area contributed by atoms with E-state index in [-0.39, 0.29) is 12.6 Å². The van der Waals surface area contributed by atoms with Crippen LogP contribution in [-0.4, -0.2) is 29.0 Å². The molecule has 122 valence electrons. The average molecular weight is 287 g/mol. The van der Waals surface area contributed by atoms with Gasteiger partial charge in [0, 0.05) is 6.04 Å². The highest BCUT2D eigenvalue weighted by Crippen LogP contribution is 2.13. The molecule has 2 atom stereocenters. The zero-order chi connectivity index (χ0) is 15.1. The van der Waals surface area contributed by atoms with Gasteiger partial charge in [-0.3, -0.25) is 0 Å². The lowest BCUT2D eigenvalue weighted by Gasteiger charge is -2.16. The molecule has 0 aromatic carbocycles. The summed E-state index contributed by atoms with van der Waals surface area (Å²) in [4.78, 5) is 0. The Hall–Kier alpha value is -0.120. The lowest BCUT2D eigenvalue weighted by atomic mass is 10.0. The van der Waals surface area contributed by atoms with Gasteiger partial charge in [-0.15, -0.1) is 0 Å². The number of hydrogen-bond acceptors (Lipinski definition) is 3. The van der Waals surface area contributed by atoms with Gasteiger partial charge in [-0.1, -0.05) is 84.0 Å². The monoisotopic (exact) mass is 287 g/mol. The van der Waals surface area contributed by atoms with E-state index in [1.165, 1.54) is 70.6 Å². The Morgan fingerprint density at radius 1 is 0.750 bits per heavy atom. The van der Waals surface area contributed by atoms with Gasteiger partial charge in [0.2, 0.25) is 0 Å². The summed E-state index contributed by atoms with van der Waals surface area (Å²) in [6.07, 6.45) is 16.0. The number of aliphatic hydroxyl groups excluding tert-OH is 2. The molecule has 20 heavy (non-hydrogen) atoms. The summed E-state index contributed by atoms with van der Waals surface area (Å²) in [6, 6.07) is -0.261. The van der Waals surface area contributed by atoms with Crippen molar-refractivity contribution in [2.75, 3.05) is 6.61 Å². The summed E-state index contributed by atoms with van der Waals surface area (Å²) in [6.45, 7) is 2.04. The lowest BCUT2D eigenvalue weighted by molar-refractivity contribution is 0.0711. The van der Waals surface area contributed by atoms with Crippen LogP contribution in [0.2, 0.25) is 0 Å². The van der Waals surface area contributed by atoms with Crippen molar-refractivity contribution in [1.29, 1.82) is 0 Å². The van der Waals surface area contributed by atoms with E-state index in [0.29, 0.717) is 0 Å². The maximum Gasteiger partial charge on any atom is 0.0921 e. The average Bonchev–Trinajstić information content (AvgIpc) is 2.47. The first-order valence-corrected chi connectivity index (χ1v) is 8.76. The molecular weight excluding hydrogens is 250 g/mol. The van der Waals surface area contributed by atoms with Gasteiger partial charge in [0.25, 0.3) is 0 Å². The van der Waals surface area contributed by atoms with Crippen LogP contribution < -0.4 is 5.73 Å². The van der Waals surface area contributed by atoms with Crippen LogP contribution in [-0.2, 0) is 0 Å². The van der Waals surface area contributed by atoms with Crippen LogP contribution in [0.1, 0.15) is 90.4 Å². The van der Waals surface area contributed by atoms with Crippen molar-refractivity contribution >= 4 is 0 Å². The number of nitrogens with two attached hydrogens (primary N) is 1. The minimum absolute atomic E-state index is 0.223. The zero-order valence-electron chi connectivity index (χ0n) is 13.5.